The minimum absolute atomic E-state index is 0.0242. The van der Waals surface area contributed by atoms with Crippen molar-refractivity contribution in [2.75, 3.05) is 14.2 Å². The molecule has 0 saturated carbocycles. The fraction of sp³-hybridized carbons (Fsp3) is 0.320. The molecule has 1 aliphatic rings. The molecule has 1 atom stereocenters. The predicted octanol–water partition coefficient (Wildman–Crippen LogP) is 4.72. The first-order valence-corrected chi connectivity index (χ1v) is 10.8. The predicted molar refractivity (Wildman–Crippen MR) is 122 cm³/mol. The van der Waals surface area contributed by atoms with Gasteiger partial charge in [-0.2, -0.15) is 0 Å². The Morgan fingerprint density at radius 2 is 2.06 bits per heavy atom. The molecular weight excluding hydrogens is 390 g/mol. The lowest BCUT2D eigenvalue weighted by Crippen LogP contribution is -2.31. The lowest BCUT2D eigenvalue weighted by atomic mass is 9.91. The second-order valence-electron chi connectivity index (χ2n) is 8.09. The Labute approximate surface area is 181 Å². The van der Waals surface area contributed by atoms with Gasteiger partial charge in [0.05, 0.1) is 25.8 Å². The highest BCUT2D eigenvalue weighted by atomic mass is 16.5. The third-order valence-corrected chi connectivity index (χ3v) is 6.32. The van der Waals surface area contributed by atoms with E-state index in [0.717, 1.165) is 52.9 Å². The van der Waals surface area contributed by atoms with Crippen LogP contribution in [0.1, 0.15) is 36.6 Å². The average molecular weight is 418 g/mol. The van der Waals surface area contributed by atoms with Crippen LogP contribution in [-0.2, 0) is 17.8 Å². The van der Waals surface area contributed by atoms with Crippen molar-refractivity contribution in [3.05, 3.63) is 59.9 Å². The first-order chi connectivity index (χ1) is 15.2. The molecule has 0 radical (unpaired) electrons. The van der Waals surface area contributed by atoms with E-state index >= 15 is 0 Å². The van der Waals surface area contributed by atoms with Crippen molar-refractivity contribution in [2.45, 2.75) is 38.3 Å². The number of rotatable bonds is 6. The summed E-state index contributed by atoms with van der Waals surface area (Å²) < 4.78 is 12.9. The Hall–Kier alpha value is -3.41. The fourth-order valence-corrected chi connectivity index (χ4v) is 4.77. The molecule has 2 aromatic heterocycles. The van der Waals surface area contributed by atoms with Crippen LogP contribution in [-0.4, -0.2) is 29.7 Å². The lowest BCUT2D eigenvalue weighted by Gasteiger charge is -2.24. The fourth-order valence-electron chi connectivity index (χ4n) is 4.77. The first-order valence-electron chi connectivity index (χ1n) is 10.8. The van der Waals surface area contributed by atoms with Crippen LogP contribution in [0.5, 0.6) is 11.5 Å². The summed E-state index contributed by atoms with van der Waals surface area (Å²) in [6.45, 7) is 0.631. The minimum Gasteiger partial charge on any atom is -0.497 e. The molecule has 2 aromatic carbocycles. The Balaban J connectivity index is 1.31. The molecule has 5 rings (SSSR count). The number of nitrogens with zero attached hydrogens (tertiary/aromatic N) is 1. The number of methoxy groups -OCH3 is 2. The van der Waals surface area contributed by atoms with Gasteiger partial charge in [-0.25, -0.2) is 0 Å². The molecule has 1 amide bonds. The molecule has 0 saturated heterocycles. The summed E-state index contributed by atoms with van der Waals surface area (Å²) >= 11 is 0. The van der Waals surface area contributed by atoms with Crippen molar-refractivity contribution in [1.29, 1.82) is 0 Å². The maximum absolute atomic E-state index is 12.8. The Morgan fingerprint density at radius 3 is 2.90 bits per heavy atom. The Kier molecular flexibility index (Phi) is 5.06. The third kappa shape index (κ3) is 3.52. The lowest BCUT2D eigenvalue weighted by molar-refractivity contribution is -0.122. The zero-order chi connectivity index (χ0) is 21.4. The van der Waals surface area contributed by atoms with E-state index < -0.39 is 0 Å². The van der Waals surface area contributed by atoms with Gasteiger partial charge in [-0.15, -0.1) is 0 Å². The normalized spacial score (nSPS) is 15.7. The number of amides is 1. The zero-order valence-electron chi connectivity index (χ0n) is 17.9. The van der Waals surface area contributed by atoms with Gasteiger partial charge in [-0.1, -0.05) is 6.07 Å². The molecule has 0 fully saturated rings. The highest BCUT2D eigenvalue weighted by Crippen LogP contribution is 2.36. The van der Waals surface area contributed by atoms with Gasteiger partial charge in [0.2, 0.25) is 5.91 Å². The van der Waals surface area contributed by atoms with Crippen LogP contribution in [0.3, 0.4) is 0 Å². The van der Waals surface area contributed by atoms with E-state index in [1.165, 1.54) is 10.9 Å². The second kappa shape index (κ2) is 8.02. The number of aromatic amines is 1. The maximum Gasteiger partial charge on any atom is 0.222 e. The van der Waals surface area contributed by atoms with E-state index in [-0.39, 0.29) is 11.9 Å². The van der Waals surface area contributed by atoms with Crippen LogP contribution >= 0.6 is 0 Å². The van der Waals surface area contributed by atoms with E-state index in [0.29, 0.717) is 13.0 Å². The van der Waals surface area contributed by atoms with Crippen molar-refractivity contribution in [2.24, 2.45) is 0 Å². The van der Waals surface area contributed by atoms with Crippen molar-refractivity contribution in [3.8, 4) is 11.5 Å². The second-order valence-corrected chi connectivity index (χ2v) is 8.09. The molecule has 4 aromatic rings. The summed E-state index contributed by atoms with van der Waals surface area (Å²) in [6, 6.07) is 14.2. The SMILES string of the molecule is COc1ccc2[nH]c3c(c2c1)CCC[C@@H]3NC(=O)CCn1ccc2c(OC)cccc21. The van der Waals surface area contributed by atoms with Crippen LogP contribution in [0.2, 0.25) is 0 Å². The third-order valence-electron chi connectivity index (χ3n) is 6.32. The molecule has 6 heteroatoms. The number of benzene rings is 2. The number of aromatic nitrogens is 2. The van der Waals surface area contributed by atoms with E-state index in [1.807, 2.05) is 30.5 Å². The molecule has 1 aliphatic carbocycles. The highest BCUT2D eigenvalue weighted by Gasteiger charge is 2.25. The quantitative estimate of drug-likeness (QED) is 0.477. The zero-order valence-corrected chi connectivity index (χ0v) is 17.9. The topological polar surface area (TPSA) is 68.3 Å². The van der Waals surface area contributed by atoms with Gasteiger partial charge >= 0.3 is 0 Å². The number of carbonyl (C=O) groups excluding carboxylic acids is 1. The summed E-state index contributed by atoms with van der Waals surface area (Å²) in [5.41, 5.74) is 4.62. The number of H-pyrrole nitrogens is 1. The number of aryl methyl sites for hydroxylation is 2. The monoisotopic (exact) mass is 417 g/mol. The number of nitrogens with one attached hydrogen (secondary N) is 2. The summed E-state index contributed by atoms with van der Waals surface area (Å²) in [5, 5.41) is 5.52. The summed E-state index contributed by atoms with van der Waals surface area (Å²) in [4.78, 5) is 16.3. The number of hydrogen-bond donors (Lipinski definition) is 2. The van der Waals surface area contributed by atoms with Gasteiger partial charge in [-0.05, 0) is 61.2 Å². The molecule has 0 bridgehead atoms. The smallest absolute Gasteiger partial charge is 0.222 e. The summed E-state index contributed by atoms with van der Waals surface area (Å²) in [5.74, 6) is 1.78. The maximum atomic E-state index is 12.8. The van der Waals surface area contributed by atoms with E-state index in [1.54, 1.807) is 14.2 Å². The van der Waals surface area contributed by atoms with Gasteiger partial charge in [-0.3, -0.25) is 4.79 Å². The van der Waals surface area contributed by atoms with Gasteiger partial charge in [0.25, 0.3) is 0 Å². The molecule has 2 N–H and O–H groups in total. The number of hydrogen-bond acceptors (Lipinski definition) is 3. The first kappa shape index (κ1) is 19.5. The van der Waals surface area contributed by atoms with Crippen LogP contribution in [0.25, 0.3) is 21.8 Å². The number of fused-ring (bicyclic) bond motifs is 4. The number of carbonyl (C=O) groups is 1. The van der Waals surface area contributed by atoms with Gasteiger partial charge in [0.1, 0.15) is 11.5 Å². The largest absolute Gasteiger partial charge is 0.497 e. The number of ether oxygens (including phenoxy) is 2. The highest BCUT2D eigenvalue weighted by molar-refractivity contribution is 5.88. The molecule has 0 aliphatic heterocycles. The van der Waals surface area contributed by atoms with Crippen molar-refractivity contribution in [1.82, 2.24) is 14.9 Å². The van der Waals surface area contributed by atoms with Crippen molar-refractivity contribution < 1.29 is 14.3 Å². The molecule has 6 nitrogen and oxygen atoms in total. The summed E-state index contributed by atoms with van der Waals surface area (Å²) in [6.07, 6.45) is 5.48. The van der Waals surface area contributed by atoms with Crippen LogP contribution in [0.15, 0.2) is 48.7 Å². The van der Waals surface area contributed by atoms with Gasteiger partial charge < -0.3 is 24.3 Å². The molecular formula is C25H27N3O3. The molecule has 31 heavy (non-hydrogen) atoms. The molecule has 0 spiro atoms. The van der Waals surface area contributed by atoms with Crippen LogP contribution in [0, 0.1) is 0 Å². The summed E-state index contributed by atoms with van der Waals surface area (Å²) in [7, 11) is 3.37. The Morgan fingerprint density at radius 1 is 1.16 bits per heavy atom. The van der Waals surface area contributed by atoms with Gasteiger partial charge in [0.15, 0.2) is 0 Å². The molecule has 2 heterocycles. The van der Waals surface area contributed by atoms with Gasteiger partial charge in [0, 0.05) is 41.1 Å². The standard InChI is InChI=1S/C25H27N3O3/c1-30-16-9-10-20-19(15-16)17-5-3-6-21(25(17)27-20)26-24(29)12-14-28-13-11-18-22(28)7-4-8-23(18)31-2/h4,7-11,13,15,21,27H,3,5-6,12,14H2,1-2H3,(H,26,29)/t21-/m0/s1. The molecule has 160 valence electrons. The Bertz CT molecular complexity index is 1250. The van der Waals surface area contributed by atoms with E-state index in [4.69, 9.17) is 9.47 Å². The van der Waals surface area contributed by atoms with Crippen LogP contribution < -0.4 is 14.8 Å². The average Bonchev–Trinajstić information content (AvgIpc) is 3.39. The van der Waals surface area contributed by atoms with Crippen molar-refractivity contribution >= 4 is 27.7 Å². The van der Waals surface area contributed by atoms with Crippen molar-refractivity contribution in [3.63, 3.8) is 0 Å². The van der Waals surface area contributed by atoms with E-state index in [9.17, 15) is 4.79 Å². The molecule has 0 unspecified atom stereocenters. The van der Waals surface area contributed by atoms with E-state index in [2.05, 4.69) is 33.1 Å². The minimum atomic E-state index is 0.0242. The van der Waals surface area contributed by atoms with Crippen LogP contribution in [0.4, 0.5) is 0 Å².